The molecule has 2 N–H and O–H groups in total. The van der Waals surface area contributed by atoms with E-state index in [1.807, 2.05) is 27.7 Å². The van der Waals surface area contributed by atoms with Gasteiger partial charge >= 0.3 is 13.2 Å². The molecule has 5 nitrogen and oxygen atoms in total. The molecule has 0 aliphatic rings. The predicted molar refractivity (Wildman–Crippen MR) is 84.8 cm³/mol. The van der Waals surface area contributed by atoms with Crippen LogP contribution in [0.2, 0.25) is 0 Å². The summed E-state index contributed by atoms with van der Waals surface area (Å²) in [5.41, 5.74) is 0.371. The molecule has 0 atom stereocenters. The van der Waals surface area contributed by atoms with Gasteiger partial charge in [-0.3, -0.25) is 4.90 Å². The number of anilines is 1. The molecule has 1 aromatic rings. The Balaban J connectivity index is 3.01. The third-order valence-corrected chi connectivity index (χ3v) is 2.83. The minimum absolute atomic E-state index is 0.345. The Morgan fingerprint density at radius 1 is 1.33 bits per heavy atom. The monoisotopic (exact) mass is 293 g/mol. The van der Waals surface area contributed by atoms with Gasteiger partial charge in [0.2, 0.25) is 0 Å². The lowest BCUT2D eigenvalue weighted by Crippen LogP contribution is -2.38. The van der Waals surface area contributed by atoms with Gasteiger partial charge in [0.25, 0.3) is 0 Å². The minimum Gasteiger partial charge on any atom is -0.443 e. The van der Waals surface area contributed by atoms with E-state index in [9.17, 15) is 14.8 Å². The number of unbranched alkanes of at least 4 members (excludes halogenated alkanes) is 1. The summed E-state index contributed by atoms with van der Waals surface area (Å²) in [5.74, 6) is 0. The first-order valence-corrected chi connectivity index (χ1v) is 7.21. The van der Waals surface area contributed by atoms with E-state index in [2.05, 4.69) is 0 Å². The molecule has 0 saturated carbocycles. The highest BCUT2D eigenvalue weighted by atomic mass is 16.6. The van der Waals surface area contributed by atoms with Gasteiger partial charge in [-0.15, -0.1) is 0 Å². The molecule has 6 heteroatoms. The van der Waals surface area contributed by atoms with Crippen molar-refractivity contribution in [2.45, 2.75) is 46.1 Å². The largest absolute Gasteiger partial charge is 0.488 e. The summed E-state index contributed by atoms with van der Waals surface area (Å²) in [7, 11) is -1.56. The average molecular weight is 293 g/mol. The predicted octanol–water partition coefficient (Wildman–Crippen LogP) is 1.91. The summed E-state index contributed by atoms with van der Waals surface area (Å²) in [6, 6.07) is 6.63. The number of amides is 1. The van der Waals surface area contributed by atoms with E-state index in [4.69, 9.17) is 4.74 Å². The molecule has 0 aliphatic carbocycles. The van der Waals surface area contributed by atoms with Crippen LogP contribution in [-0.2, 0) is 4.74 Å². The second-order valence-corrected chi connectivity index (χ2v) is 5.95. The SMILES string of the molecule is CCCCN(C(=O)OC(C)(C)C)c1cccc(B(O)O)c1. The van der Waals surface area contributed by atoms with Crippen molar-refractivity contribution in [2.24, 2.45) is 0 Å². The third kappa shape index (κ3) is 5.77. The molecule has 0 fully saturated rings. The molecule has 1 rings (SSSR count). The summed E-state index contributed by atoms with van der Waals surface area (Å²) >= 11 is 0. The van der Waals surface area contributed by atoms with E-state index in [1.165, 1.54) is 4.90 Å². The number of nitrogens with zero attached hydrogens (tertiary/aromatic N) is 1. The van der Waals surface area contributed by atoms with E-state index in [1.54, 1.807) is 24.3 Å². The molecule has 0 saturated heterocycles. The first-order chi connectivity index (χ1) is 9.74. The van der Waals surface area contributed by atoms with E-state index in [0.29, 0.717) is 17.7 Å². The maximum absolute atomic E-state index is 12.3. The normalized spacial score (nSPS) is 11.1. The zero-order chi connectivity index (χ0) is 16.0. The number of carbonyl (C=O) groups excluding carboxylic acids is 1. The number of carbonyl (C=O) groups is 1. The molecule has 0 heterocycles. The number of hydrogen-bond acceptors (Lipinski definition) is 4. The molecule has 0 aliphatic heterocycles. The lowest BCUT2D eigenvalue weighted by Gasteiger charge is -2.27. The van der Waals surface area contributed by atoms with Crippen LogP contribution in [-0.4, -0.2) is 35.4 Å². The zero-order valence-corrected chi connectivity index (χ0v) is 13.2. The number of hydrogen-bond donors (Lipinski definition) is 2. The van der Waals surface area contributed by atoms with Crippen molar-refractivity contribution < 1.29 is 19.6 Å². The minimum atomic E-state index is -1.56. The molecule has 1 aromatic carbocycles. The second kappa shape index (κ2) is 7.47. The van der Waals surface area contributed by atoms with E-state index < -0.39 is 18.8 Å². The number of benzene rings is 1. The third-order valence-electron chi connectivity index (χ3n) is 2.83. The Bertz CT molecular complexity index is 471. The summed E-state index contributed by atoms with van der Waals surface area (Å²) in [6.07, 6.45) is 1.35. The summed E-state index contributed by atoms with van der Waals surface area (Å²) in [5, 5.41) is 18.5. The highest BCUT2D eigenvalue weighted by Gasteiger charge is 2.24. The molecule has 21 heavy (non-hydrogen) atoms. The van der Waals surface area contributed by atoms with Gasteiger partial charge in [0, 0.05) is 12.2 Å². The molecule has 0 spiro atoms. The van der Waals surface area contributed by atoms with Gasteiger partial charge in [-0.2, -0.15) is 0 Å². The van der Waals surface area contributed by atoms with Gasteiger partial charge < -0.3 is 14.8 Å². The Kier molecular flexibility index (Phi) is 6.24. The Morgan fingerprint density at radius 3 is 2.52 bits per heavy atom. The number of rotatable bonds is 5. The van der Waals surface area contributed by atoms with Crippen molar-refractivity contribution in [3.8, 4) is 0 Å². The maximum atomic E-state index is 12.3. The molecule has 0 aromatic heterocycles. The van der Waals surface area contributed by atoms with Crippen LogP contribution in [0.3, 0.4) is 0 Å². The van der Waals surface area contributed by atoms with E-state index in [-0.39, 0.29) is 0 Å². The molecule has 1 amide bonds. The van der Waals surface area contributed by atoms with Crippen LogP contribution in [0.25, 0.3) is 0 Å². The van der Waals surface area contributed by atoms with Gasteiger partial charge in [0.05, 0.1) is 0 Å². The summed E-state index contributed by atoms with van der Waals surface area (Å²) in [6.45, 7) is 8.02. The van der Waals surface area contributed by atoms with Gasteiger partial charge in [0.1, 0.15) is 5.60 Å². The van der Waals surface area contributed by atoms with Crippen LogP contribution in [0, 0.1) is 0 Å². The fourth-order valence-electron chi connectivity index (χ4n) is 1.81. The molecule has 116 valence electrons. The maximum Gasteiger partial charge on any atom is 0.488 e. The van der Waals surface area contributed by atoms with Crippen LogP contribution in [0.1, 0.15) is 40.5 Å². The van der Waals surface area contributed by atoms with Gasteiger partial charge in [-0.25, -0.2) is 4.79 Å². The van der Waals surface area contributed by atoms with Crippen molar-refractivity contribution in [2.75, 3.05) is 11.4 Å². The molecule has 0 unspecified atom stereocenters. The molecular weight excluding hydrogens is 269 g/mol. The van der Waals surface area contributed by atoms with E-state index >= 15 is 0 Å². The highest BCUT2D eigenvalue weighted by molar-refractivity contribution is 6.58. The molecule has 0 bridgehead atoms. The fraction of sp³-hybridized carbons (Fsp3) is 0.533. The van der Waals surface area contributed by atoms with Crippen LogP contribution in [0.15, 0.2) is 24.3 Å². The van der Waals surface area contributed by atoms with Crippen molar-refractivity contribution in [1.82, 2.24) is 0 Å². The Labute approximate surface area is 126 Å². The summed E-state index contributed by atoms with van der Waals surface area (Å²) in [4.78, 5) is 13.9. The quantitative estimate of drug-likeness (QED) is 0.814. The Hall–Kier alpha value is -1.53. The van der Waals surface area contributed by atoms with Crippen molar-refractivity contribution >= 4 is 24.4 Å². The standard InChI is InChI=1S/C15H24BNO4/c1-5-6-10-17(14(18)21-15(2,3)4)13-9-7-8-12(11-13)16(19)20/h7-9,11,19-20H,5-6,10H2,1-4H3. The Morgan fingerprint density at radius 2 is 2.00 bits per heavy atom. The molecule has 0 radical (unpaired) electrons. The lowest BCUT2D eigenvalue weighted by molar-refractivity contribution is 0.0580. The van der Waals surface area contributed by atoms with Crippen LogP contribution in [0.5, 0.6) is 0 Å². The zero-order valence-electron chi connectivity index (χ0n) is 13.2. The van der Waals surface area contributed by atoms with Gasteiger partial charge in [-0.05, 0) is 44.8 Å². The second-order valence-electron chi connectivity index (χ2n) is 5.95. The van der Waals surface area contributed by atoms with Crippen molar-refractivity contribution in [3.05, 3.63) is 24.3 Å². The van der Waals surface area contributed by atoms with E-state index in [0.717, 1.165) is 12.8 Å². The first-order valence-electron chi connectivity index (χ1n) is 7.21. The topological polar surface area (TPSA) is 70.0 Å². The summed E-state index contributed by atoms with van der Waals surface area (Å²) < 4.78 is 5.41. The van der Waals surface area contributed by atoms with Gasteiger partial charge in [-0.1, -0.05) is 25.5 Å². The van der Waals surface area contributed by atoms with Crippen LogP contribution >= 0.6 is 0 Å². The van der Waals surface area contributed by atoms with Crippen molar-refractivity contribution in [3.63, 3.8) is 0 Å². The highest BCUT2D eigenvalue weighted by Crippen LogP contribution is 2.18. The fourth-order valence-corrected chi connectivity index (χ4v) is 1.81. The smallest absolute Gasteiger partial charge is 0.443 e. The number of ether oxygens (including phenoxy) is 1. The molecular formula is C15H24BNO4. The van der Waals surface area contributed by atoms with Crippen molar-refractivity contribution in [1.29, 1.82) is 0 Å². The lowest BCUT2D eigenvalue weighted by atomic mass is 9.80. The first kappa shape index (κ1) is 17.5. The van der Waals surface area contributed by atoms with Crippen LogP contribution < -0.4 is 10.4 Å². The average Bonchev–Trinajstić information content (AvgIpc) is 2.37. The van der Waals surface area contributed by atoms with Gasteiger partial charge in [0.15, 0.2) is 0 Å². The van der Waals surface area contributed by atoms with Crippen LogP contribution in [0.4, 0.5) is 10.5 Å².